The van der Waals surface area contributed by atoms with Crippen LogP contribution in [0.1, 0.15) is 34.8 Å². The molecule has 2 amide bonds. The third-order valence-electron chi connectivity index (χ3n) is 6.31. The molecule has 1 unspecified atom stereocenters. The second kappa shape index (κ2) is 9.43. The molecule has 1 atom stereocenters. The van der Waals surface area contributed by atoms with E-state index in [1.807, 2.05) is 54.6 Å². The van der Waals surface area contributed by atoms with Crippen molar-refractivity contribution < 1.29 is 14.0 Å². The second-order valence-corrected chi connectivity index (χ2v) is 8.57. The van der Waals surface area contributed by atoms with Crippen molar-refractivity contribution in [1.82, 2.24) is 15.6 Å². The maximum Gasteiger partial charge on any atom is 0.254 e. The molecule has 5 rings (SSSR count). The van der Waals surface area contributed by atoms with E-state index >= 15 is 0 Å². The van der Waals surface area contributed by atoms with Crippen LogP contribution in [-0.2, 0) is 4.79 Å². The van der Waals surface area contributed by atoms with Gasteiger partial charge >= 0.3 is 0 Å². The molecular formula is C28H24FN3O2. The Morgan fingerprint density at radius 2 is 1.71 bits per heavy atom. The molecule has 0 spiro atoms. The Labute approximate surface area is 196 Å². The highest BCUT2D eigenvalue weighted by Crippen LogP contribution is 2.24. The van der Waals surface area contributed by atoms with E-state index < -0.39 is 11.9 Å². The summed E-state index contributed by atoms with van der Waals surface area (Å²) in [5, 5.41) is 9.35. The summed E-state index contributed by atoms with van der Waals surface area (Å²) < 4.78 is 13.9. The zero-order chi connectivity index (χ0) is 23.5. The van der Waals surface area contributed by atoms with Gasteiger partial charge in [-0.05, 0) is 53.4 Å². The van der Waals surface area contributed by atoms with Crippen LogP contribution < -0.4 is 10.6 Å². The highest BCUT2D eigenvalue weighted by atomic mass is 19.1. The number of hydrogen-bond donors (Lipinski definition) is 2. The number of halogens is 1. The molecule has 1 aromatic heterocycles. The summed E-state index contributed by atoms with van der Waals surface area (Å²) in [6, 6.07) is 17.8. The molecule has 1 heterocycles. The monoisotopic (exact) mass is 453 g/mol. The highest BCUT2D eigenvalue weighted by molar-refractivity contribution is 6.06. The van der Waals surface area contributed by atoms with Crippen molar-refractivity contribution in [2.24, 2.45) is 5.92 Å². The zero-order valence-corrected chi connectivity index (χ0v) is 18.5. The third-order valence-corrected chi connectivity index (χ3v) is 6.31. The normalized spacial score (nSPS) is 14.4. The van der Waals surface area contributed by atoms with E-state index in [0.717, 1.165) is 29.2 Å². The number of pyridine rings is 1. The second-order valence-electron chi connectivity index (χ2n) is 8.57. The standard InChI is InChI=1S/C28H24FN3O2/c29-23-12-11-22-15-30-16-25(24(22)14-23)28(34)32-26(17-31-27(33)19-6-2-3-7-19)21-10-9-18-5-1-4-8-20(18)13-21/h1-5,8-16,19,26H,6-7,17H2,(H,31,33)(H,32,34). The Morgan fingerprint density at radius 1 is 0.941 bits per heavy atom. The molecular weight excluding hydrogens is 429 g/mol. The molecule has 170 valence electrons. The minimum absolute atomic E-state index is 0.0288. The van der Waals surface area contributed by atoms with Gasteiger partial charge in [-0.15, -0.1) is 0 Å². The van der Waals surface area contributed by atoms with Crippen LogP contribution in [0.2, 0.25) is 0 Å². The fourth-order valence-corrected chi connectivity index (χ4v) is 4.41. The predicted molar refractivity (Wildman–Crippen MR) is 131 cm³/mol. The van der Waals surface area contributed by atoms with E-state index in [1.54, 1.807) is 12.3 Å². The summed E-state index contributed by atoms with van der Waals surface area (Å²) in [6.45, 7) is 0.242. The summed E-state index contributed by atoms with van der Waals surface area (Å²) in [7, 11) is 0. The van der Waals surface area contributed by atoms with Crippen LogP contribution in [0.25, 0.3) is 21.5 Å². The van der Waals surface area contributed by atoms with E-state index in [2.05, 4.69) is 15.6 Å². The van der Waals surface area contributed by atoms with Gasteiger partial charge in [0.1, 0.15) is 5.82 Å². The average Bonchev–Trinajstić information content (AvgIpc) is 3.41. The summed E-state index contributed by atoms with van der Waals surface area (Å²) in [6.07, 6.45) is 8.52. The van der Waals surface area contributed by atoms with Gasteiger partial charge in [0, 0.05) is 35.6 Å². The van der Waals surface area contributed by atoms with Crippen molar-refractivity contribution in [3.8, 4) is 0 Å². The van der Waals surface area contributed by atoms with Gasteiger partial charge in [-0.2, -0.15) is 0 Å². The molecule has 0 saturated carbocycles. The van der Waals surface area contributed by atoms with Gasteiger partial charge in [0.2, 0.25) is 5.91 Å². The van der Waals surface area contributed by atoms with Gasteiger partial charge in [0.15, 0.2) is 0 Å². The Balaban J connectivity index is 1.44. The maximum absolute atomic E-state index is 13.9. The average molecular weight is 454 g/mol. The number of hydrogen-bond acceptors (Lipinski definition) is 3. The molecule has 6 heteroatoms. The fraction of sp³-hybridized carbons (Fsp3) is 0.179. The van der Waals surface area contributed by atoms with E-state index in [-0.39, 0.29) is 29.8 Å². The minimum atomic E-state index is -0.473. The zero-order valence-electron chi connectivity index (χ0n) is 18.5. The van der Waals surface area contributed by atoms with E-state index in [9.17, 15) is 14.0 Å². The van der Waals surface area contributed by atoms with Crippen molar-refractivity contribution >= 4 is 33.4 Å². The van der Waals surface area contributed by atoms with Gasteiger partial charge in [0.05, 0.1) is 11.6 Å². The van der Waals surface area contributed by atoms with Gasteiger partial charge in [0.25, 0.3) is 5.91 Å². The number of aromatic nitrogens is 1. The van der Waals surface area contributed by atoms with Gasteiger partial charge in [-0.3, -0.25) is 14.6 Å². The van der Waals surface area contributed by atoms with Crippen LogP contribution in [0.4, 0.5) is 4.39 Å². The smallest absolute Gasteiger partial charge is 0.254 e. The first-order valence-electron chi connectivity index (χ1n) is 11.3. The molecule has 1 aliphatic rings. The van der Waals surface area contributed by atoms with E-state index in [0.29, 0.717) is 10.8 Å². The summed E-state index contributed by atoms with van der Waals surface area (Å²) in [4.78, 5) is 30.1. The molecule has 2 N–H and O–H groups in total. The lowest BCUT2D eigenvalue weighted by molar-refractivity contribution is -0.124. The molecule has 4 aromatic rings. The van der Waals surface area contributed by atoms with Crippen LogP contribution in [0.15, 0.2) is 85.2 Å². The number of benzene rings is 3. The van der Waals surface area contributed by atoms with Gasteiger partial charge in [-0.1, -0.05) is 48.6 Å². The minimum Gasteiger partial charge on any atom is -0.353 e. The molecule has 3 aromatic carbocycles. The maximum atomic E-state index is 13.9. The SMILES string of the molecule is O=C(NC(CNC(=O)C1CC=CC1)c1ccc2ccccc2c1)c1cncc2ccc(F)cc12. The number of fused-ring (bicyclic) bond motifs is 2. The topological polar surface area (TPSA) is 71.1 Å². The molecule has 34 heavy (non-hydrogen) atoms. The van der Waals surface area contributed by atoms with Crippen LogP contribution in [0.5, 0.6) is 0 Å². The fourth-order valence-electron chi connectivity index (χ4n) is 4.41. The number of amides is 2. The summed E-state index contributed by atoms with van der Waals surface area (Å²) in [5.41, 5.74) is 1.16. The van der Waals surface area contributed by atoms with E-state index in [4.69, 9.17) is 0 Å². The number of nitrogens with zero attached hydrogens (tertiary/aromatic N) is 1. The van der Waals surface area contributed by atoms with Crippen molar-refractivity contribution in [2.45, 2.75) is 18.9 Å². The number of allylic oxidation sites excluding steroid dienone is 2. The summed E-state index contributed by atoms with van der Waals surface area (Å²) >= 11 is 0. The molecule has 0 saturated heterocycles. The first-order chi connectivity index (χ1) is 16.6. The van der Waals surface area contributed by atoms with E-state index in [1.165, 1.54) is 18.3 Å². The number of carbonyl (C=O) groups excluding carboxylic acids is 2. The predicted octanol–water partition coefficient (Wildman–Crippen LogP) is 5.08. The molecule has 1 aliphatic carbocycles. The first kappa shape index (κ1) is 21.8. The lowest BCUT2D eigenvalue weighted by Crippen LogP contribution is -2.39. The van der Waals surface area contributed by atoms with Crippen LogP contribution in [0, 0.1) is 11.7 Å². The van der Waals surface area contributed by atoms with Crippen LogP contribution in [-0.4, -0.2) is 23.3 Å². The Morgan fingerprint density at radius 3 is 2.53 bits per heavy atom. The van der Waals surface area contributed by atoms with Gasteiger partial charge < -0.3 is 10.6 Å². The highest BCUT2D eigenvalue weighted by Gasteiger charge is 2.23. The van der Waals surface area contributed by atoms with Crippen LogP contribution in [0.3, 0.4) is 0 Å². The Kier molecular flexibility index (Phi) is 6.04. The van der Waals surface area contributed by atoms with Crippen molar-refractivity contribution in [3.63, 3.8) is 0 Å². The quantitative estimate of drug-likeness (QED) is 0.400. The Bertz CT molecular complexity index is 1410. The van der Waals surface area contributed by atoms with Crippen molar-refractivity contribution in [3.05, 3.63) is 102 Å². The third kappa shape index (κ3) is 4.53. The summed E-state index contributed by atoms with van der Waals surface area (Å²) in [5.74, 6) is -0.896. The number of nitrogens with one attached hydrogen (secondary N) is 2. The molecule has 0 bridgehead atoms. The number of rotatable bonds is 6. The molecule has 0 fully saturated rings. The lowest BCUT2D eigenvalue weighted by Gasteiger charge is -2.22. The number of carbonyl (C=O) groups is 2. The van der Waals surface area contributed by atoms with Gasteiger partial charge in [-0.25, -0.2) is 4.39 Å². The molecule has 5 nitrogen and oxygen atoms in total. The van der Waals surface area contributed by atoms with Crippen molar-refractivity contribution in [1.29, 1.82) is 0 Å². The first-order valence-corrected chi connectivity index (χ1v) is 11.3. The molecule has 0 radical (unpaired) electrons. The lowest BCUT2D eigenvalue weighted by atomic mass is 10.00. The molecule has 0 aliphatic heterocycles. The Hall–Kier alpha value is -4.06. The van der Waals surface area contributed by atoms with Crippen LogP contribution >= 0.6 is 0 Å². The largest absolute Gasteiger partial charge is 0.353 e. The van der Waals surface area contributed by atoms with Crippen molar-refractivity contribution in [2.75, 3.05) is 6.54 Å².